The predicted octanol–water partition coefficient (Wildman–Crippen LogP) is 1.07. The number of carbonyl (C=O) groups excluding carboxylic acids is 3. The van der Waals surface area contributed by atoms with Crippen LogP contribution in [0.3, 0.4) is 0 Å². The van der Waals surface area contributed by atoms with Crippen LogP contribution in [0.5, 0.6) is 0 Å². The Morgan fingerprint density at radius 3 is 2.17 bits per heavy atom. The number of nitrogens with one attached hydrogen (secondary N) is 1. The first-order valence-corrected chi connectivity index (χ1v) is 5.68. The number of methoxy groups -OCH3 is 1. The van der Waals surface area contributed by atoms with Gasteiger partial charge in [0.25, 0.3) is 0 Å². The minimum Gasteiger partial charge on any atom is -0.444 e. The molecule has 0 rings (SSSR count). The minimum atomic E-state index is -0.638. The quantitative estimate of drug-likeness (QED) is 0.722. The van der Waals surface area contributed by atoms with E-state index in [2.05, 4.69) is 5.32 Å². The first-order chi connectivity index (χ1) is 8.15. The van der Waals surface area contributed by atoms with Crippen LogP contribution in [0.15, 0.2) is 0 Å². The van der Waals surface area contributed by atoms with Crippen molar-refractivity contribution in [3.8, 4) is 0 Å². The molecule has 0 spiro atoms. The summed E-state index contributed by atoms with van der Waals surface area (Å²) in [7, 11) is 1.45. The van der Waals surface area contributed by atoms with Crippen molar-refractivity contribution in [1.29, 1.82) is 0 Å². The Bertz CT molecular complexity index is 319. The van der Waals surface area contributed by atoms with E-state index in [1.54, 1.807) is 20.8 Å². The summed E-state index contributed by atoms with van der Waals surface area (Å²) in [6, 6.07) is -0.568. The van der Waals surface area contributed by atoms with Gasteiger partial charge < -0.3 is 14.8 Å². The Hall–Kier alpha value is -1.43. The van der Waals surface area contributed by atoms with Gasteiger partial charge in [-0.2, -0.15) is 0 Å². The van der Waals surface area contributed by atoms with Crippen molar-refractivity contribution in [1.82, 2.24) is 5.32 Å². The Kier molecular flexibility index (Phi) is 6.54. The number of ether oxygens (including phenoxy) is 2. The smallest absolute Gasteiger partial charge is 0.407 e. The van der Waals surface area contributed by atoms with Gasteiger partial charge in [0.05, 0.1) is 12.6 Å². The number of hydrogen-bond donors (Lipinski definition) is 1. The SMILES string of the molecule is COCC(CC(=O)C(C)=O)NC(=O)OC(C)(C)C. The molecule has 0 saturated carbocycles. The zero-order chi connectivity index (χ0) is 14.3. The summed E-state index contributed by atoms with van der Waals surface area (Å²) in [6.45, 7) is 6.54. The number of rotatable bonds is 6. The van der Waals surface area contributed by atoms with Gasteiger partial charge in [0, 0.05) is 20.5 Å². The summed E-state index contributed by atoms with van der Waals surface area (Å²) in [5.41, 5.74) is -0.619. The second-order valence-corrected chi connectivity index (χ2v) is 4.98. The maximum Gasteiger partial charge on any atom is 0.407 e. The van der Waals surface area contributed by atoms with Crippen molar-refractivity contribution >= 4 is 17.7 Å². The first kappa shape index (κ1) is 16.6. The highest BCUT2D eigenvalue weighted by molar-refractivity contribution is 6.36. The molecule has 104 valence electrons. The van der Waals surface area contributed by atoms with Crippen molar-refractivity contribution in [2.75, 3.05) is 13.7 Å². The predicted molar refractivity (Wildman–Crippen MR) is 65.3 cm³/mol. The molecule has 6 nitrogen and oxygen atoms in total. The minimum absolute atomic E-state index is 0.0948. The molecule has 0 heterocycles. The molecule has 1 N–H and O–H groups in total. The maximum atomic E-state index is 11.5. The van der Waals surface area contributed by atoms with Crippen LogP contribution < -0.4 is 5.32 Å². The normalized spacial score (nSPS) is 12.7. The fourth-order valence-corrected chi connectivity index (χ4v) is 1.19. The monoisotopic (exact) mass is 259 g/mol. The average Bonchev–Trinajstić information content (AvgIpc) is 2.14. The number of carbonyl (C=O) groups is 3. The van der Waals surface area contributed by atoms with Gasteiger partial charge in [-0.15, -0.1) is 0 Å². The molecule has 0 aromatic carbocycles. The van der Waals surface area contributed by atoms with Crippen LogP contribution in [0.25, 0.3) is 0 Å². The highest BCUT2D eigenvalue weighted by Crippen LogP contribution is 2.07. The Balaban J connectivity index is 4.39. The second-order valence-electron chi connectivity index (χ2n) is 4.98. The van der Waals surface area contributed by atoms with Gasteiger partial charge in [0.1, 0.15) is 5.60 Å². The van der Waals surface area contributed by atoms with Crippen molar-refractivity contribution in [2.24, 2.45) is 0 Å². The van der Waals surface area contributed by atoms with Crippen LogP contribution in [0.2, 0.25) is 0 Å². The molecule has 0 aliphatic heterocycles. The molecule has 0 saturated heterocycles. The molecule has 0 bridgehead atoms. The summed E-state index contributed by atoms with van der Waals surface area (Å²) in [5.74, 6) is -1.09. The van der Waals surface area contributed by atoms with Gasteiger partial charge in [0.2, 0.25) is 0 Å². The fraction of sp³-hybridized carbons (Fsp3) is 0.750. The number of ketones is 2. The first-order valence-electron chi connectivity index (χ1n) is 5.68. The van der Waals surface area contributed by atoms with E-state index in [0.29, 0.717) is 0 Å². The zero-order valence-electron chi connectivity index (χ0n) is 11.5. The van der Waals surface area contributed by atoms with Crippen molar-refractivity contribution in [3.63, 3.8) is 0 Å². The summed E-state index contributed by atoms with van der Waals surface area (Å²) >= 11 is 0. The third-order valence-corrected chi connectivity index (χ3v) is 1.91. The highest BCUT2D eigenvalue weighted by Gasteiger charge is 2.22. The third kappa shape index (κ3) is 7.78. The van der Waals surface area contributed by atoms with Crippen LogP contribution in [0, 0.1) is 0 Å². The van der Waals surface area contributed by atoms with E-state index in [-0.39, 0.29) is 13.0 Å². The van der Waals surface area contributed by atoms with Gasteiger partial charge in [0.15, 0.2) is 11.6 Å². The Morgan fingerprint density at radius 2 is 1.78 bits per heavy atom. The number of amides is 1. The van der Waals surface area contributed by atoms with Gasteiger partial charge in [-0.3, -0.25) is 9.59 Å². The van der Waals surface area contributed by atoms with Gasteiger partial charge in [-0.05, 0) is 20.8 Å². The maximum absolute atomic E-state index is 11.5. The number of Topliss-reactive ketones (excluding diaryl/α,β-unsaturated/α-hetero) is 2. The number of alkyl carbamates (subject to hydrolysis) is 1. The van der Waals surface area contributed by atoms with Gasteiger partial charge in [-0.25, -0.2) is 4.79 Å². The summed E-state index contributed by atoms with van der Waals surface area (Å²) in [4.78, 5) is 33.7. The van der Waals surface area contributed by atoms with E-state index in [0.717, 1.165) is 0 Å². The van der Waals surface area contributed by atoms with Crippen molar-refractivity contribution < 1.29 is 23.9 Å². The molecule has 0 aliphatic carbocycles. The summed E-state index contributed by atoms with van der Waals surface area (Å²) in [5, 5.41) is 2.50. The zero-order valence-corrected chi connectivity index (χ0v) is 11.5. The van der Waals surface area contributed by atoms with Crippen LogP contribution in [-0.2, 0) is 19.1 Å². The molecule has 18 heavy (non-hydrogen) atoms. The molecule has 0 radical (unpaired) electrons. The van der Waals surface area contributed by atoms with Crippen LogP contribution in [0.1, 0.15) is 34.1 Å². The topological polar surface area (TPSA) is 81.7 Å². The second kappa shape index (κ2) is 7.10. The number of hydrogen-bond acceptors (Lipinski definition) is 5. The van der Waals surface area contributed by atoms with Crippen LogP contribution in [0.4, 0.5) is 4.79 Å². The lowest BCUT2D eigenvalue weighted by Crippen LogP contribution is -2.43. The lowest BCUT2D eigenvalue weighted by atomic mass is 10.1. The Labute approximate surface area is 107 Å². The molecule has 6 heteroatoms. The molecule has 1 unspecified atom stereocenters. The largest absolute Gasteiger partial charge is 0.444 e. The van der Waals surface area contributed by atoms with Crippen molar-refractivity contribution in [3.05, 3.63) is 0 Å². The summed E-state index contributed by atoms with van der Waals surface area (Å²) < 4.78 is 9.94. The standard InChI is InChI=1S/C12H21NO5/c1-8(14)10(15)6-9(7-17-5)13-11(16)18-12(2,3)4/h9H,6-7H2,1-5H3,(H,13,16). The van der Waals surface area contributed by atoms with E-state index in [4.69, 9.17) is 9.47 Å². The van der Waals surface area contributed by atoms with E-state index < -0.39 is 29.3 Å². The fourth-order valence-electron chi connectivity index (χ4n) is 1.19. The molecular formula is C12H21NO5. The third-order valence-electron chi connectivity index (χ3n) is 1.91. The molecule has 0 aliphatic rings. The molecule has 0 aromatic heterocycles. The molecule has 0 fully saturated rings. The highest BCUT2D eigenvalue weighted by atomic mass is 16.6. The van der Waals surface area contributed by atoms with E-state index in [1.807, 2.05) is 0 Å². The lowest BCUT2D eigenvalue weighted by molar-refractivity contribution is -0.135. The average molecular weight is 259 g/mol. The van der Waals surface area contributed by atoms with Crippen molar-refractivity contribution in [2.45, 2.75) is 45.8 Å². The molecule has 1 amide bonds. The van der Waals surface area contributed by atoms with Crippen LogP contribution in [-0.4, -0.2) is 43.0 Å². The van der Waals surface area contributed by atoms with E-state index in [1.165, 1.54) is 14.0 Å². The summed E-state index contributed by atoms with van der Waals surface area (Å²) in [6.07, 6.45) is -0.733. The van der Waals surface area contributed by atoms with E-state index in [9.17, 15) is 14.4 Å². The Morgan fingerprint density at radius 1 is 1.22 bits per heavy atom. The van der Waals surface area contributed by atoms with E-state index >= 15 is 0 Å². The molecule has 0 aromatic rings. The van der Waals surface area contributed by atoms with Gasteiger partial charge in [-0.1, -0.05) is 0 Å². The molecular weight excluding hydrogens is 238 g/mol. The van der Waals surface area contributed by atoms with Gasteiger partial charge >= 0.3 is 6.09 Å². The van der Waals surface area contributed by atoms with Crippen LogP contribution >= 0.6 is 0 Å². The molecule has 1 atom stereocenters. The lowest BCUT2D eigenvalue weighted by Gasteiger charge is -2.22.